The number of nitrogens with zero attached hydrogens (tertiary/aromatic N) is 1. The highest BCUT2D eigenvalue weighted by Gasteiger charge is 2.26. The monoisotopic (exact) mass is 326 g/mol. The van der Waals surface area contributed by atoms with E-state index >= 15 is 0 Å². The molecule has 120 valence electrons. The van der Waals surface area contributed by atoms with Crippen molar-refractivity contribution < 1.29 is 19.7 Å². The average molecular weight is 327 g/mol. The maximum Gasteiger partial charge on any atom is 0.240 e. The lowest BCUT2D eigenvalue weighted by atomic mass is 9.92. The SMILES string of the molecule is Cc1cc(C2=NNC(=O)CC2C)c(O)c(Cl)c1OCCCO. The van der Waals surface area contributed by atoms with E-state index in [2.05, 4.69) is 10.5 Å². The number of amides is 1. The van der Waals surface area contributed by atoms with Crippen LogP contribution in [0, 0.1) is 12.8 Å². The maximum absolute atomic E-state index is 11.3. The average Bonchev–Trinajstić information content (AvgIpc) is 2.47. The maximum atomic E-state index is 11.3. The van der Waals surface area contributed by atoms with Gasteiger partial charge in [0.15, 0.2) is 0 Å². The summed E-state index contributed by atoms with van der Waals surface area (Å²) in [7, 11) is 0. The Morgan fingerprint density at radius 2 is 2.27 bits per heavy atom. The van der Waals surface area contributed by atoms with Crippen LogP contribution in [-0.2, 0) is 4.79 Å². The number of hydrazone groups is 1. The van der Waals surface area contributed by atoms with Gasteiger partial charge in [-0.05, 0) is 18.6 Å². The zero-order chi connectivity index (χ0) is 16.3. The summed E-state index contributed by atoms with van der Waals surface area (Å²) < 4.78 is 5.51. The van der Waals surface area contributed by atoms with Crippen molar-refractivity contribution in [1.29, 1.82) is 0 Å². The highest BCUT2D eigenvalue weighted by Crippen LogP contribution is 2.40. The number of phenols is 1. The van der Waals surface area contributed by atoms with Crippen LogP contribution in [0.5, 0.6) is 11.5 Å². The zero-order valence-electron chi connectivity index (χ0n) is 12.5. The van der Waals surface area contributed by atoms with Gasteiger partial charge in [0.2, 0.25) is 5.91 Å². The number of benzene rings is 1. The fourth-order valence-corrected chi connectivity index (χ4v) is 2.64. The van der Waals surface area contributed by atoms with Gasteiger partial charge in [-0.15, -0.1) is 0 Å². The molecule has 1 unspecified atom stereocenters. The Balaban J connectivity index is 2.37. The molecule has 0 fully saturated rings. The van der Waals surface area contributed by atoms with Gasteiger partial charge in [0.1, 0.15) is 16.5 Å². The van der Waals surface area contributed by atoms with Gasteiger partial charge < -0.3 is 14.9 Å². The summed E-state index contributed by atoms with van der Waals surface area (Å²) in [6.45, 7) is 4.01. The lowest BCUT2D eigenvalue weighted by molar-refractivity contribution is -0.121. The van der Waals surface area contributed by atoms with Crippen molar-refractivity contribution in [3.8, 4) is 11.5 Å². The second-order valence-electron chi connectivity index (χ2n) is 5.30. The van der Waals surface area contributed by atoms with E-state index in [1.54, 1.807) is 6.07 Å². The predicted molar refractivity (Wildman–Crippen MR) is 83.5 cm³/mol. The van der Waals surface area contributed by atoms with Crippen molar-refractivity contribution in [2.24, 2.45) is 11.0 Å². The molecule has 0 saturated heterocycles. The Labute approximate surface area is 133 Å². The third-order valence-electron chi connectivity index (χ3n) is 3.47. The predicted octanol–water partition coefficient (Wildman–Crippen LogP) is 1.98. The van der Waals surface area contributed by atoms with E-state index in [1.165, 1.54) is 0 Å². The summed E-state index contributed by atoms with van der Waals surface area (Å²) >= 11 is 6.20. The number of hydrogen-bond donors (Lipinski definition) is 3. The van der Waals surface area contributed by atoms with Crippen molar-refractivity contribution in [2.45, 2.75) is 26.7 Å². The molecule has 0 bridgehead atoms. The Kier molecular flexibility index (Phi) is 5.26. The molecule has 1 atom stereocenters. The number of halogens is 1. The Morgan fingerprint density at radius 1 is 1.55 bits per heavy atom. The van der Waals surface area contributed by atoms with Crippen LogP contribution in [0.25, 0.3) is 0 Å². The normalized spacial score (nSPS) is 17.9. The third kappa shape index (κ3) is 3.34. The summed E-state index contributed by atoms with van der Waals surface area (Å²) in [6.07, 6.45) is 0.789. The zero-order valence-corrected chi connectivity index (χ0v) is 13.3. The number of carbonyl (C=O) groups excluding carboxylic acids is 1. The molecule has 1 amide bonds. The smallest absolute Gasteiger partial charge is 0.240 e. The van der Waals surface area contributed by atoms with Crippen LogP contribution in [0.4, 0.5) is 0 Å². The first-order valence-corrected chi connectivity index (χ1v) is 7.46. The summed E-state index contributed by atoms with van der Waals surface area (Å²) in [5.41, 5.74) is 4.25. The largest absolute Gasteiger partial charge is 0.506 e. The molecular weight excluding hydrogens is 308 g/mol. The molecule has 6 nitrogen and oxygen atoms in total. The van der Waals surface area contributed by atoms with Crippen LogP contribution < -0.4 is 10.2 Å². The van der Waals surface area contributed by atoms with E-state index in [-0.39, 0.29) is 29.2 Å². The molecule has 0 aliphatic carbocycles. The summed E-state index contributed by atoms with van der Waals surface area (Å²) in [5.74, 6) is 0.0104. The quantitative estimate of drug-likeness (QED) is 0.721. The second-order valence-corrected chi connectivity index (χ2v) is 5.67. The third-order valence-corrected chi connectivity index (χ3v) is 3.82. The van der Waals surface area contributed by atoms with Gasteiger partial charge in [-0.2, -0.15) is 5.10 Å². The first-order chi connectivity index (χ1) is 10.5. The minimum Gasteiger partial charge on any atom is -0.506 e. The molecule has 1 aliphatic heterocycles. The van der Waals surface area contributed by atoms with Gasteiger partial charge in [-0.3, -0.25) is 4.79 Å². The number of nitrogens with one attached hydrogen (secondary N) is 1. The first kappa shape index (κ1) is 16.6. The van der Waals surface area contributed by atoms with Crippen LogP contribution in [0.3, 0.4) is 0 Å². The summed E-state index contributed by atoms with van der Waals surface area (Å²) in [5, 5.41) is 23.3. The second kappa shape index (κ2) is 6.98. The fourth-order valence-electron chi connectivity index (χ4n) is 2.34. The minimum absolute atomic E-state index is 0.0226. The van der Waals surface area contributed by atoms with Crippen LogP contribution >= 0.6 is 11.6 Å². The molecule has 0 saturated carbocycles. The van der Waals surface area contributed by atoms with Crippen molar-refractivity contribution in [2.75, 3.05) is 13.2 Å². The molecule has 1 aliphatic rings. The number of carbonyl (C=O) groups is 1. The molecular formula is C15H19ClN2O4. The van der Waals surface area contributed by atoms with E-state index in [0.717, 1.165) is 5.56 Å². The van der Waals surface area contributed by atoms with Gasteiger partial charge in [0.25, 0.3) is 0 Å². The lowest BCUT2D eigenvalue weighted by Gasteiger charge is -2.21. The van der Waals surface area contributed by atoms with Crippen molar-refractivity contribution in [3.05, 3.63) is 22.2 Å². The highest BCUT2D eigenvalue weighted by atomic mass is 35.5. The highest BCUT2D eigenvalue weighted by molar-refractivity contribution is 6.34. The number of phenolic OH excluding ortho intramolecular Hbond substituents is 1. The number of hydrogen-bond acceptors (Lipinski definition) is 5. The van der Waals surface area contributed by atoms with Crippen LogP contribution in [-0.4, -0.2) is 35.0 Å². The molecule has 0 spiro atoms. The lowest BCUT2D eigenvalue weighted by Crippen LogP contribution is -2.32. The van der Waals surface area contributed by atoms with Gasteiger partial charge in [0.05, 0.1) is 12.3 Å². The molecule has 0 aromatic heterocycles. The number of aliphatic hydroxyl groups is 1. The molecule has 3 N–H and O–H groups in total. The van der Waals surface area contributed by atoms with E-state index in [0.29, 0.717) is 36.5 Å². The van der Waals surface area contributed by atoms with E-state index in [4.69, 9.17) is 21.4 Å². The fraction of sp³-hybridized carbons (Fsp3) is 0.467. The van der Waals surface area contributed by atoms with E-state index in [1.807, 2.05) is 13.8 Å². The molecule has 22 heavy (non-hydrogen) atoms. The molecule has 2 rings (SSSR count). The van der Waals surface area contributed by atoms with E-state index in [9.17, 15) is 9.90 Å². The van der Waals surface area contributed by atoms with Crippen molar-refractivity contribution >= 4 is 23.2 Å². The number of aliphatic hydroxyl groups excluding tert-OH is 1. The summed E-state index contributed by atoms with van der Waals surface area (Å²) in [4.78, 5) is 11.3. The number of aromatic hydroxyl groups is 1. The topological polar surface area (TPSA) is 91.2 Å². The molecule has 1 aromatic rings. The minimum atomic E-state index is -0.150. The standard InChI is InChI=1S/C15H19ClN2O4/c1-8-7-11(20)17-18-13(8)10-6-9(2)15(12(16)14(10)21)22-5-3-4-19/h6,8,19,21H,3-5,7H2,1-2H3,(H,17,20). The molecule has 7 heteroatoms. The van der Waals surface area contributed by atoms with Crippen LogP contribution in [0.15, 0.2) is 11.2 Å². The van der Waals surface area contributed by atoms with Gasteiger partial charge in [-0.25, -0.2) is 5.43 Å². The van der Waals surface area contributed by atoms with E-state index < -0.39 is 0 Å². The number of rotatable bonds is 5. The molecule has 1 aromatic carbocycles. The van der Waals surface area contributed by atoms with Gasteiger partial charge in [-0.1, -0.05) is 18.5 Å². The first-order valence-electron chi connectivity index (χ1n) is 7.08. The number of ether oxygens (including phenoxy) is 1. The van der Waals surface area contributed by atoms with Gasteiger partial charge in [0, 0.05) is 30.9 Å². The Bertz CT molecular complexity index is 616. The molecule has 1 heterocycles. The summed E-state index contributed by atoms with van der Waals surface area (Å²) in [6, 6.07) is 1.74. The van der Waals surface area contributed by atoms with Crippen molar-refractivity contribution in [1.82, 2.24) is 5.43 Å². The van der Waals surface area contributed by atoms with Crippen LogP contribution in [0.2, 0.25) is 5.02 Å². The molecule has 0 radical (unpaired) electrons. The number of aryl methyl sites for hydroxylation is 1. The van der Waals surface area contributed by atoms with Crippen molar-refractivity contribution in [3.63, 3.8) is 0 Å². The Morgan fingerprint density at radius 3 is 2.91 bits per heavy atom. The Hall–Kier alpha value is -1.79. The van der Waals surface area contributed by atoms with Gasteiger partial charge >= 0.3 is 0 Å². The van der Waals surface area contributed by atoms with Crippen LogP contribution in [0.1, 0.15) is 30.9 Å².